The van der Waals surface area contributed by atoms with Crippen LogP contribution in [0.25, 0.3) is 11.3 Å². The minimum Gasteiger partial charge on any atom is -0.493 e. The summed E-state index contributed by atoms with van der Waals surface area (Å²) in [5, 5.41) is 10.7. The molecule has 0 aliphatic carbocycles. The zero-order chi connectivity index (χ0) is 20.2. The predicted molar refractivity (Wildman–Crippen MR) is 113 cm³/mol. The maximum Gasteiger partial charge on any atom is 0.264 e. The molecule has 0 atom stereocenters. The second-order valence-corrected chi connectivity index (χ2v) is 7.55. The Labute approximate surface area is 173 Å². The Bertz CT molecular complexity index is 968. The average molecular weight is 410 g/mol. The van der Waals surface area contributed by atoms with E-state index in [9.17, 15) is 4.79 Å². The van der Waals surface area contributed by atoms with E-state index >= 15 is 0 Å². The van der Waals surface area contributed by atoms with E-state index in [1.807, 2.05) is 52.7 Å². The van der Waals surface area contributed by atoms with Crippen molar-refractivity contribution in [3.63, 3.8) is 0 Å². The van der Waals surface area contributed by atoms with Crippen LogP contribution >= 0.6 is 11.3 Å². The van der Waals surface area contributed by atoms with Gasteiger partial charge in [-0.25, -0.2) is 0 Å². The zero-order valence-electron chi connectivity index (χ0n) is 16.4. The molecule has 4 rings (SSSR count). The van der Waals surface area contributed by atoms with E-state index in [-0.39, 0.29) is 5.91 Å². The number of hydrogen-bond acceptors (Lipinski definition) is 7. The molecule has 0 saturated carbocycles. The van der Waals surface area contributed by atoms with E-state index in [2.05, 4.69) is 15.1 Å². The predicted octanol–water partition coefficient (Wildman–Crippen LogP) is 3.18. The minimum absolute atomic E-state index is 0.106. The first-order chi connectivity index (χ1) is 14.2. The molecule has 3 heterocycles. The van der Waals surface area contributed by atoms with Gasteiger partial charge in [-0.1, -0.05) is 6.07 Å². The monoisotopic (exact) mass is 410 g/mol. The molecule has 1 aromatic carbocycles. The lowest BCUT2D eigenvalue weighted by Gasteiger charge is -2.35. The van der Waals surface area contributed by atoms with Crippen LogP contribution in [0.5, 0.6) is 11.5 Å². The third-order valence-corrected chi connectivity index (χ3v) is 5.81. The Kier molecular flexibility index (Phi) is 5.62. The molecule has 0 bridgehead atoms. The molecule has 7 nitrogen and oxygen atoms in total. The summed E-state index contributed by atoms with van der Waals surface area (Å²) in [5.41, 5.74) is 1.68. The fourth-order valence-electron chi connectivity index (χ4n) is 3.34. The highest BCUT2D eigenvalue weighted by atomic mass is 32.1. The van der Waals surface area contributed by atoms with E-state index in [1.54, 1.807) is 14.2 Å². The van der Waals surface area contributed by atoms with Gasteiger partial charge in [0, 0.05) is 31.7 Å². The van der Waals surface area contributed by atoms with Gasteiger partial charge in [-0.15, -0.1) is 21.5 Å². The number of carbonyl (C=O) groups excluding carboxylic acids is 1. The van der Waals surface area contributed by atoms with Crippen molar-refractivity contribution in [3.8, 4) is 22.8 Å². The van der Waals surface area contributed by atoms with E-state index in [0.717, 1.165) is 35.0 Å². The lowest BCUT2D eigenvalue weighted by molar-refractivity contribution is 0.0751. The molecule has 1 saturated heterocycles. The van der Waals surface area contributed by atoms with Crippen LogP contribution in [0.4, 0.5) is 5.82 Å². The highest BCUT2D eigenvalue weighted by Gasteiger charge is 2.23. The fourth-order valence-corrected chi connectivity index (χ4v) is 4.03. The molecule has 0 radical (unpaired) electrons. The summed E-state index contributed by atoms with van der Waals surface area (Å²) in [7, 11) is 3.22. The molecular formula is C21H22N4O3S. The summed E-state index contributed by atoms with van der Waals surface area (Å²) in [6.07, 6.45) is 0. The molecule has 1 aliphatic rings. The van der Waals surface area contributed by atoms with Gasteiger partial charge in [-0.2, -0.15) is 0 Å². The molecule has 8 heteroatoms. The lowest BCUT2D eigenvalue weighted by Crippen LogP contribution is -2.48. The van der Waals surface area contributed by atoms with E-state index < -0.39 is 0 Å². The molecule has 0 spiro atoms. The summed E-state index contributed by atoms with van der Waals surface area (Å²) in [6.45, 7) is 2.83. The zero-order valence-corrected chi connectivity index (χ0v) is 17.2. The minimum atomic E-state index is 0.106. The number of benzene rings is 1. The molecule has 2 aromatic heterocycles. The molecule has 29 heavy (non-hydrogen) atoms. The van der Waals surface area contributed by atoms with Crippen molar-refractivity contribution >= 4 is 23.1 Å². The average Bonchev–Trinajstić information content (AvgIpc) is 3.33. The first-order valence-corrected chi connectivity index (χ1v) is 10.2. The van der Waals surface area contributed by atoms with Crippen LogP contribution in [0.1, 0.15) is 9.67 Å². The van der Waals surface area contributed by atoms with Gasteiger partial charge in [0.05, 0.1) is 24.8 Å². The Hall–Kier alpha value is -3.13. The number of methoxy groups -OCH3 is 2. The van der Waals surface area contributed by atoms with Crippen LogP contribution in [0.3, 0.4) is 0 Å². The number of nitrogens with zero attached hydrogens (tertiary/aromatic N) is 4. The van der Waals surface area contributed by atoms with Gasteiger partial charge in [0.25, 0.3) is 5.91 Å². The van der Waals surface area contributed by atoms with Crippen LogP contribution in [0.2, 0.25) is 0 Å². The standard InChI is InChI=1S/C21H22N4O3S/c1-27-17-7-5-15(14-18(17)28-2)16-6-8-20(23-22-16)24-9-11-25(12-10-24)21(26)19-4-3-13-29-19/h3-8,13-14H,9-12H2,1-2H3. The van der Waals surface area contributed by atoms with Crippen LogP contribution in [-0.2, 0) is 0 Å². The SMILES string of the molecule is COc1ccc(-c2ccc(N3CCN(C(=O)c4cccs4)CC3)nn2)cc1OC. The van der Waals surface area contributed by atoms with Crippen LogP contribution in [0, 0.1) is 0 Å². The van der Waals surface area contributed by atoms with Gasteiger partial charge in [-0.3, -0.25) is 4.79 Å². The number of rotatable bonds is 5. The van der Waals surface area contributed by atoms with Gasteiger partial charge in [0.15, 0.2) is 17.3 Å². The van der Waals surface area contributed by atoms with E-state index in [1.165, 1.54) is 11.3 Å². The second-order valence-electron chi connectivity index (χ2n) is 6.60. The number of amides is 1. The molecule has 3 aromatic rings. The summed E-state index contributed by atoms with van der Waals surface area (Å²) in [4.78, 5) is 17.3. The van der Waals surface area contributed by atoms with Gasteiger partial charge in [0.1, 0.15) is 0 Å². The number of hydrogen-bond donors (Lipinski definition) is 0. The number of thiophene rings is 1. The lowest BCUT2D eigenvalue weighted by atomic mass is 10.1. The smallest absolute Gasteiger partial charge is 0.264 e. The van der Waals surface area contributed by atoms with Crippen molar-refractivity contribution in [2.45, 2.75) is 0 Å². The largest absolute Gasteiger partial charge is 0.493 e. The summed E-state index contributed by atoms with van der Waals surface area (Å²) < 4.78 is 10.6. The first kappa shape index (κ1) is 19.2. The van der Waals surface area contributed by atoms with Crippen molar-refractivity contribution in [2.75, 3.05) is 45.3 Å². The van der Waals surface area contributed by atoms with E-state index in [4.69, 9.17) is 9.47 Å². The molecular weight excluding hydrogens is 388 g/mol. The normalized spacial score (nSPS) is 14.0. The van der Waals surface area contributed by atoms with Gasteiger partial charge >= 0.3 is 0 Å². The molecule has 150 valence electrons. The summed E-state index contributed by atoms with van der Waals surface area (Å²) in [6, 6.07) is 13.4. The van der Waals surface area contributed by atoms with Gasteiger partial charge < -0.3 is 19.3 Å². The van der Waals surface area contributed by atoms with Crippen molar-refractivity contribution in [1.82, 2.24) is 15.1 Å². The molecule has 1 fully saturated rings. The highest BCUT2D eigenvalue weighted by molar-refractivity contribution is 7.12. The first-order valence-electron chi connectivity index (χ1n) is 9.33. The van der Waals surface area contributed by atoms with E-state index in [0.29, 0.717) is 24.6 Å². The molecule has 1 amide bonds. The van der Waals surface area contributed by atoms with Crippen molar-refractivity contribution in [1.29, 1.82) is 0 Å². The second kappa shape index (κ2) is 8.48. The topological polar surface area (TPSA) is 67.8 Å². The van der Waals surface area contributed by atoms with Crippen molar-refractivity contribution in [3.05, 3.63) is 52.7 Å². The Morgan fingerprint density at radius 2 is 1.76 bits per heavy atom. The Morgan fingerprint density at radius 1 is 0.966 bits per heavy atom. The maximum atomic E-state index is 12.5. The number of anilines is 1. The third-order valence-electron chi connectivity index (χ3n) is 4.95. The Morgan fingerprint density at radius 3 is 2.38 bits per heavy atom. The van der Waals surface area contributed by atoms with Crippen LogP contribution < -0.4 is 14.4 Å². The van der Waals surface area contributed by atoms with Crippen LogP contribution in [-0.4, -0.2) is 61.4 Å². The van der Waals surface area contributed by atoms with Crippen molar-refractivity contribution in [2.24, 2.45) is 0 Å². The molecule has 1 aliphatic heterocycles. The number of carbonyl (C=O) groups is 1. The number of piperazine rings is 1. The third kappa shape index (κ3) is 4.02. The van der Waals surface area contributed by atoms with Crippen molar-refractivity contribution < 1.29 is 14.3 Å². The summed E-state index contributed by atoms with van der Waals surface area (Å²) in [5.74, 6) is 2.25. The van der Waals surface area contributed by atoms with Crippen LogP contribution in [0.15, 0.2) is 47.8 Å². The number of ether oxygens (including phenoxy) is 2. The molecule has 0 unspecified atom stereocenters. The van der Waals surface area contributed by atoms with Gasteiger partial charge in [-0.05, 0) is 41.8 Å². The highest BCUT2D eigenvalue weighted by Crippen LogP contribution is 2.31. The molecule has 0 N–H and O–H groups in total. The number of aromatic nitrogens is 2. The quantitative estimate of drug-likeness (QED) is 0.644. The summed E-state index contributed by atoms with van der Waals surface area (Å²) >= 11 is 1.48. The fraction of sp³-hybridized carbons (Fsp3) is 0.286. The van der Waals surface area contributed by atoms with Gasteiger partial charge in [0.2, 0.25) is 0 Å². The maximum absolute atomic E-state index is 12.5. The Balaban J connectivity index is 1.42.